The highest BCUT2D eigenvalue weighted by Gasteiger charge is 2.47. The van der Waals surface area contributed by atoms with Gasteiger partial charge in [-0.25, -0.2) is 4.79 Å². The van der Waals surface area contributed by atoms with E-state index in [4.69, 9.17) is 0 Å². The molecule has 0 spiro atoms. The van der Waals surface area contributed by atoms with E-state index in [2.05, 4.69) is 5.32 Å². The fourth-order valence-corrected chi connectivity index (χ4v) is 3.24. The molecule has 3 unspecified atom stereocenters. The van der Waals surface area contributed by atoms with E-state index >= 15 is 0 Å². The molecule has 5 nitrogen and oxygen atoms in total. The van der Waals surface area contributed by atoms with Crippen molar-refractivity contribution in [2.45, 2.75) is 57.7 Å². The molecule has 2 aliphatic heterocycles. The molecule has 0 radical (unpaired) electrons. The highest BCUT2D eigenvalue weighted by molar-refractivity contribution is 5.88. The molecule has 0 saturated carbocycles. The molecule has 2 rings (SSSR count). The number of carboxylic acids is 1. The lowest BCUT2D eigenvalue weighted by Gasteiger charge is -2.37. The molecule has 1 amide bonds. The quantitative estimate of drug-likeness (QED) is 0.780. The van der Waals surface area contributed by atoms with E-state index in [1.165, 1.54) is 4.90 Å². The Bertz CT molecular complexity index is 367. The summed E-state index contributed by atoms with van der Waals surface area (Å²) >= 11 is 0. The van der Waals surface area contributed by atoms with Gasteiger partial charge in [0.05, 0.1) is 5.92 Å². The van der Waals surface area contributed by atoms with Crippen LogP contribution in [0.4, 0.5) is 0 Å². The molecule has 0 aliphatic carbocycles. The van der Waals surface area contributed by atoms with Crippen LogP contribution in [0, 0.1) is 5.92 Å². The monoisotopic (exact) mass is 254 g/mol. The zero-order valence-electron chi connectivity index (χ0n) is 11.3. The predicted octanol–water partition coefficient (Wildman–Crippen LogP) is 0.839. The molecule has 2 fully saturated rings. The van der Waals surface area contributed by atoms with E-state index in [0.717, 1.165) is 19.3 Å². The summed E-state index contributed by atoms with van der Waals surface area (Å²) in [7, 11) is 0. The van der Waals surface area contributed by atoms with Crippen LogP contribution in [0.25, 0.3) is 0 Å². The van der Waals surface area contributed by atoms with Crippen molar-refractivity contribution in [2.75, 3.05) is 6.54 Å². The Morgan fingerprint density at radius 1 is 1.39 bits per heavy atom. The maximum absolute atomic E-state index is 12.5. The second-order valence-electron chi connectivity index (χ2n) is 5.84. The van der Waals surface area contributed by atoms with Crippen molar-refractivity contribution < 1.29 is 14.7 Å². The van der Waals surface area contributed by atoms with Crippen molar-refractivity contribution in [2.24, 2.45) is 5.92 Å². The molecule has 2 aliphatic rings. The van der Waals surface area contributed by atoms with Gasteiger partial charge in [0.2, 0.25) is 5.91 Å². The Morgan fingerprint density at radius 3 is 2.44 bits per heavy atom. The minimum absolute atomic E-state index is 0.00963. The SMILES string of the molecule is CCN(C(=O)C1CC2CCC1N2)C(C)(C)C(=O)O. The Labute approximate surface area is 108 Å². The van der Waals surface area contributed by atoms with Crippen molar-refractivity contribution in [3.05, 3.63) is 0 Å². The van der Waals surface area contributed by atoms with Gasteiger partial charge < -0.3 is 15.3 Å². The van der Waals surface area contributed by atoms with Crippen molar-refractivity contribution in [3.8, 4) is 0 Å². The zero-order valence-corrected chi connectivity index (χ0v) is 11.3. The molecule has 2 saturated heterocycles. The van der Waals surface area contributed by atoms with Crippen LogP contribution in [-0.2, 0) is 9.59 Å². The average Bonchev–Trinajstić information content (AvgIpc) is 2.90. The minimum atomic E-state index is -1.13. The van der Waals surface area contributed by atoms with Crippen molar-refractivity contribution in [1.29, 1.82) is 0 Å². The molecule has 2 heterocycles. The number of hydrogen-bond acceptors (Lipinski definition) is 3. The van der Waals surface area contributed by atoms with E-state index < -0.39 is 11.5 Å². The minimum Gasteiger partial charge on any atom is -0.480 e. The summed E-state index contributed by atoms with van der Waals surface area (Å²) in [5, 5.41) is 12.7. The zero-order chi connectivity index (χ0) is 13.5. The Kier molecular flexibility index (Phi) is 3.36. The number of carbonyl (C=O) groups excluding carboxylic acids is 1. The largest absolute Gasteiger partial charge is 0.480 e. The summed E-state index contributed by atoms with van der Waals surface area (Å²) in [4.78, 5) is 25.3. The number of carboxylic acid groups (broad SMARTS) is 1. The van der Waals surface area contributed by atoms with Crippen LogP contribution in [0.2, 0.25) is 0 Å². The van der Waals surface area contributed by atoms with Crippen molar-refractivity contribution in [1.82, 2.24) is 10.2 Å². The van der Waals surface area contributed by atoms with E-state index in [-0.39, 0.29) is 17.9 Å². The third-order valence-electron chi connectivity index (χ3n) is 4.40. The summed E-state index contributed by atoms with van der Waals surface area (Å²) in [5.74, 6) is -0.999. The van der Waals surface area contributed by atoms with Crippen molar-refractivity contribution in [3.63, 3.8) is 0 Å². The maximum Gasteiger partial charge on any atom is 0.329 e. The molecule has 18 heavy (non-hydrogen) atoms. The number of fused-ring (bicyclic) bond motifs is 2. The van der Waals surface area contributed by atoms with Gasteiger partial charge in [0.15, 0.2) is 0 Å². The molecule has 102 valence electrons. The van der Waals surface area contributed by atoms with Gasteiger partial charge in [-0.3, -0.25) is 4.79 Å². The van der Waals surface area contributed by atoms with Crippen LogP contribution in [0.15, 0.2) is 0 Å². The normalized spacial score (nSPS) is 30.5. The van der Waals surface area contributed by atoms with Gasteiger partial charge in [-0.15, -0.1) is 0 Å². The molecule has 0 aromatic heterocycles. The van der Waals surface area contributed by atoms with Gasteiger partial charge in [0, 0.05) is 18.6 Å². The highest BCUT2D eigenvalue weighted by atomic mass is 16.4. The summed E-state index contributed by atoms with van der Waals surface area (Å²) in [6.45, 7) is 5.46. The summed E-state index contributed by atoms with van der Waals surface area (Å²) < 4.78 is 0. The Morgan fingerprint density at radius 2 is 2.06 bits per heavy atom. The number of hydrogen-bond donors (Lipinski definition) is 2. The van der Waals surface area contributed by atoms with Crippen LogP contribution in [0.1, 0.15) is 40.0 Å². The van der Waals surface area contributed by atoms with Crippen LogP contribution in [0.3, 0.4) is 0 Å². The highest BCUT2D eigenvalue weighted by Crippen LogP contribution is 2.35. The molecule has 0 aromatic rings. The second kappa shape index (κ2) is 4.53. The first kappa shape index (κ1) is 13.3. The van der Waals surface area contributed by atoms with E-state index in [0.29, 0.717) is 12.6 Å². The number of rotatable bonds is 4. The summed E-state index contributed by atoms with van der Waals surface area (Å²) in [6, 6.07) is 0.705. The fraction of sp³-hybridized carbons (Fsp3) is 0.846. The number of amides is 1. The number of nitrogens with one attached hydrogen (secondary N) is 1. The van der Waals surface area contributed by atoms with Crippen LogP contribution >= 0.6 is 0 Å². The first-order valence-electron chi connectivity index (χ1n) is 6.68. The Balaban J connectivity index is 2.13. The number of nitrogens with zero attached hydrogens (tertiary/aromatic N) is 1. The smallest absolute Gasteiger partial charge is 0.329 e. The van der Waals surface area contributed by atoms with Gasteiger partial charge in [-0.1, -0.05) is 0 Å². The molecule has 5 heteroatoms. The van der Waals surface area contributed by atoms with Gasteiger partial charge in [-0.2, -0.15) is 0 Å². The lowest BCUT2D eigenvalue weighted by Crippen LogP contribution is -2.55. The standard InChI is InChI=1S/C13H22N2O3/c1-4-15(13(2,3)12(17)18)11(16)9-7-8-5-6-10(9)14-8/h8-10,14H,4-7H2,1-3H3,(H,17,18). The predicted molar refractivity (Wildman–Crippen MR) is 67.2 cm³/mol. The van der Waals surface area contributed by atoms with Crippen LogP contribution in [0.5, 0.6) is 0 Å². The van der Waals surface area contributed by atoms with Gasteiger partial charge in [-0.05, 0) is 40.0 Å². The number of carbonyl (C=O) groups is 2. The second-order valence-corrected chi connectivity index (χ2v) is 5.84. The first-order chi connectivity index (χ1) is 8.37. The number of likely N-dealkylation sites (N-methyl/N-ethyl adjacent to an activating group) is 1. The topological polar surface area (TPSA) is 69.6 Å². The molecule has 2 bridgehead atoms. The fourth-order valence-electron chi connectivity index (χ4n) is 3.24. The van der Waals surface area contributed by atoms with E-state index in [1.807, 2.05) is 6.92 Å². The van der Waals surface area contributed by atoms with Crippen LogP contribution < -0.4 is 5.32 Å². The Hall–Kier alpha value is -1.10. The molecular formula is C13H22N2O3. The third-order valence-corrected chi connectivity index (χ3v) is 4.40. The molecule has 2 N–H and O–H groups in total. The summed E-state index contributed by atoms with van der Waals surface area (Å²) in [6.07, 6.45) is 3.03. The lowest BCUT2D eigenvalue weighted by atomic mass is 9.87. The average molecular weight is 254 g/mol. The molecule has 3 atom stereocenters. The lowest BCUT2D eigenvalue weighted by molar-refractivity contribution is -0.158. The summed E-state index contributed by atoms with van der Waals surface area (Å²) in [5.41, 5.74) is -1.13. The van der Waals surface area contributed by atoms with Crippen molar-refractivity contribution >= 4 is 11.9 Å². The van der Waals surface area contributed by atoms with Gasteiger partial charge >= 0.3 is 5.97 Å². The van der Waals surface area contributed by atoms with Gasteiger partial charge in [0.25, 0.3) is 0 Å². The number of aliphatic carboxylic acids is 1. The van der Waals surface area contributed by atoms with E-state index in [9.17, 15) is 14.7 Å². The third kappa shape index (κ3) is 2.00. The first-order valence-corrected chi connectivity index (χ1v) is 6.68. The molecular weight excluding hydrogens is 232 g/mol. The van der Waals surface area contributed by atoms with E-state index in [1.54, 1.807) is 13.8 Å². The van der Waals surface area contributed by atoms with Gasteiger partial charge in [0.1, 0.15) is 5.54 Å². The van der Waals surface area contributed by atoms with Crippen LogP contribution in [-0.4, -0.2) is 46.1 Å². The molecule has 0 aromatic carbocycles. The maximum atomic E-state index is 12.5.